The Hall–Kier alpha value is -4.28. The van der Waals surface area contributed by atoms with Crippen LogP contribution in [-0.2, 0) is 11.8 Å². The molecule has 3 heterocycles. The maximum absolute atomic E-state index is 13.8. The van der Waals surface area contributed by atoms with Gasteiger partial charge < -0.3 is 9.47 Å². The molecule has 0 saturated heterocycles. The lowest BCUT2D eigenvalue weighted by Gasteiger charge is -2.23. The molecule has 0 N–H and O–H groups in total. The molecule has 1 amide bonds. The Kier molecular flexibility index (Phi) is 6.29. The van der Waals surface area contributed by atoms with Crippen LogP contribution in [0.4, 0.5) is 15.9 Å². The Morgan fingerprint density at radius 3 is 2.85 bits per heavy atom. The summed E-state index contributed by atoms with van der Waals surface area (Å²) in [6, 6.07) is 8.24. The molecule has 170 valence electrons. The minimum absolute atomic E-state index is 0.0218. The zero-order chi connectivity index (χ0) is 23.4. The summed E-state index contributed by atoms with van der Waals surface area (Å²) in [6.45, 7) is 1.05. The van der Waals surface area contributed by atoms with Gasteiger partial charge in [0.25, 0.3) is 5.91 Å². The maximum atomic E-state index is 13.8. The van der Waals surface area contributed by atoms with Gasteiger partial charge in [0.15, 0.2) is 0 Å². The van der Waals surface area contributed by atoms with Crippen molar-refractivity contribution in [3.8, 4) is 5.75 Å². The number of aromatic nitrogens is 5. The minimum atomic E-state index is -0.661. The first-order chi connectivity index (χ1) is 16.0. The average molecular weight is 452 g/mol. The number of alkyl halides is 1. The molecule has 0 atom stereocenters. The molecule has 0 aliphatic heterocycles. The van der Waals surface area contributed by atoms with Gasteiger partial charge in [-0.15, -0.1) is 0 Å². The van der Waals surface area contributed by atoms with Gasteiger partial charge in [-0.1, -0.05) is 6.07 Å². The van der Waals surface area contributed by atoms with E-state index in [1.807, 2.05) is 0 Å². The highest BCUT2D eigenvalue weighted by atomic mass is 19.1. The fourth-order valence-electron chi connectivity index (χ4n) is 3.30. The van der Waals surface area contributed by atoms with Gasteiger partial charge in [-0.2, -0.15) is 10.1 Å². The zero-order valence-electron chi connectivity index (χ0n) is 18.0. The van der Waals surface area contributed by atoms with Gasteiger partial charge in [-0.3, -0.25) is 18.8 Å². The number of benzene rings is 1. The molecular formula is C22H21FN6O4. The van der Waals surface area contributed by atoms with E-state index < -0.39 is 18.6 Å². The number of halogens is 1. The number of hydrogen-bond donors (Lipinski definition) is 0. The van der Waals surface area contributed by atoms with Crippen LogP contribution >= 0.6 is 0 Å². The van der Waals surface area contributed by atoms with E-state index in [9.17, 15) is 14.0 Å². The SMILES string of the molecule is CCOC(=O)c1cnn(C)c1C(=O)N(c1cccc(OCCF)c1)c1ccn2ccnc2n1. The van der Waals surface area contributed by atoms with Gasteiger partial charge in [0.1, 0.15) is 36.1 Å². The molecular weight excluding hydrogens is 431 g/mol. The van der Waals surface area contributed by atoms with Crippen molar-refractivity contribution in [2.45, 2.75) is 6.92 Å². The summed E-state index contributed by atoms with van der Waals surface area (Å²) in [5.74, 6) is -0.210. The number of imidazole rings is 1. The molecule has 0 spiro atoms. The molecule has 1 aromatic carbocycles. The van der Waals surface area contributed by atoms with Crippen LogP contribution in [0.2, 0.25) is 0 Å². The molecule has 0 saturated carbocycles. The van der Waals surface area contributed by atoms with Gasteiger partial charge in [-0.05, 0) is 25.1 Å². The quantitative estimate of drug-likeness (QED) is 0.379. The molecule has 4 rings (SSSR count). The monoisotopic (exact) mass is 452 g/mol. The normalized spacial score (nSPS) is 10.9. The predicted octanol–water partition coefficient (Wildman–Crippen LogP) is 2.97. The number of esters is 1. The van der Waals surface area contributed by atoms with E-state index in [0.717, 1.165) is 0 Å². The third-order valence-corrected chi connectivity index (χ3v) is 4.74. The van der Waals surface area contributed by atoms with Gasteiger partial charge in [0.2, 0.25) is 5.78 Å². The van der Waals surface area contributed by atoms with E-state index >= 15 is 0 Å². The van der Waals surface area contributed by atoms with Crippen LogP contribution in [0.5, 0.6) is 5.75 Å². The van der Waals surface area contributed by atoms with Crippen molar-refractivity contribution in [3.63, 3.8) is 0 Å². The highest BCUT2D eigenvalue weighted by molar-refractivity contribution is 6.14. The molecule has 10 nitrogen and oxygen atoms in total. The third-order valence-electron chi connectivity index (χ3n) is 4.74. The lowest BCUT2D eigenvalue weighted by atomic mass is 10.2. The van der Waals surface area contributed by atoms with Crippen LogP contribution in [0.3, 0.4) is 0 Å². The molecule has 0 unspecified atom stereocenters. The van der Waals surface area contributed by atoms with E-state index in [-0.39, 0.29) is 30.3 Å². The molecule has 0 aliphatic rings. The van der Waals surface area contributed by atoms with E-state index in [0.29, 0.717) is 17.2 Å². The molecule has 11 heteroatoms. The Morgan fingerprint density at radius 1 is 1.21 bits per heavy atom. The number of amides is 1. The lowest BCUT2D eigenvalue weighted by Crippen LogP contribution is -2.30. The summed E-state index contributed by atoms with van der Waals surface area (Å²) in [7, 11) is 1.56. The Morgan fingerprint density at radius 2 is 2.06 bits per heavy atom. The van der Waals surface area contributed by atoms with Gasteiger partial charge in [-0.25, -0.2) is 14.2 Å². The van der Waals surface area contributed by atoms with Crippen molar-refractivity contribution >= 4 is 29.2 Å². The fourth-order valence-corrected chi connectivity index (χ4v) is 3.30. The van der Waals surface area contributed by atoms with Crippen LogP contribution in [0.25, 0.3) is 5.78 Å². The second kappa shape index (κ2) is 9.47. The predicted molar refractivity (Wildman–Crippen MR) is 117 cm³/mol. The van der Waals surface area contributed by atoms with Crippen molar-refractivity contribution in [1.82, 2.24) is 24.1 Å². The van der Waals surface area contributed by atoms with Crippen LogP contribution in [0, 0.1) is 0 Å². The molecule has 33 heavy (non-hydrogen) atoms. The van der Waals surface area contributed by atoms with Crippen LogP contribution in [0.1, 0.15) is 27.8 Å². The number of aryl methyl sites for hydroxylation is 1. The van der Waals surface area contributed by atoms with Crippen LogP contribution in [-0.4, -0.2) is 55.9 Å². The fraction of sp³-hybridized carbons (Fsp3) is 0.227. The Bertz CT molecular complexity index is 1300. The number of carbonyl (C=O) groups excluding carboxylic acids is 2. The number of carbonyl (C=O) groups is 2. The number of nitrogens with zero attached hydrogens (tertiary/aromatic N) is 6. The Labute approximate surface area is 188 Å². The second-order valence-electron chi connectivity index (χ2n) is 6.85. The number of rotatable bonds is 8. The molecule has 4 aromatic rings. The topological polar surface area (TPSA) is 104 Å². The average Bonchev–Trinajstić information content (AvgIpc) is 3.44. The smallest absolute Gasteiger partial charge is 0.342 e. The molecule has 0 radical (unpaired) electrons. The summed E-state index contributed by atoms with van der Waals surface area (Å²) in [4.78, 5) is 36.3. The molecule has 0 bridgehead atoms. The third kappa shape index (κ3) is 4.38. The van der Waals surface area contributed by atoms with E-state index in [4.69, 9.17) is 9.47 Å². The van der Waals surface area contributed by atoms with Crippen molar-refractivity contribution in [2.75, 3.05) is 24.8 Å². The molecule has 3 aromatic heterocycles. The first-order valence-corrected chi connectivity index (χ1v) is 10.2. The van der Waals surface area contributed by atoms with Gasteiger partial charge in [0.05, 0.1) is 18.5 Å². The first-order valence-electron chi connectivity index (χ1n) is 10.2. The summed E-state index contributed by atoms with van der Waals surface area (Å²) in [5, 5.41) is 4.08. The largest absolute Gasteiger partial charge is 0.491 e. The van der Waals surface area contributed by atoms with E-state index in [2.05, 4.69) is 15.1 Å². The lowest BCUT2D eigenvalue weighted by molar-refractivity contribution is 0.0523. The van der Waals surface area contributed by atoms with Crippen molar-refractivity contribution in [2.24, 2.45) is 7.05 Å². The number of hydrogen-bond acceptors (Lipinski definition) is 7. The van der Waals surface area contributed by atoms with E-state index in [1.165, 1.54) is 15.8 Å². The standard InChI is InChI=1S/C22H21FN6O4/c1-3-32-21(31)17-14-25-27(2)19(17)20(30)29(15-5-4-6-16(13-15)33-12-8-23)18-7-10-28-11-9-24-22(28)26-18/h4-7,9-11,13-14H,3,8,12H2,1-2H3. The van der Waals surface area contributed by atoms with Crippen molar-refractivity contribution in [1.29, 1.82) is 0 Å². The Balaban J connectivity index is 1.84. The molecule has 0 fully saturated rings. The highest BCUT2D eigenvalue weighted by Crippen LogP contribution is 2.30. The summed E-state index contributed by atoms with van der Waals surface area (Å²) < 4.78 is 26.1. The highest BCUT2D eigenvalue weighted by Gasteiger charge is 2.30. The molecule has 0 aliphatic carbocycles. The minimum Gasteiger partial charge on any atom is -0.491 e. The summed E-state index contributed by atoms with van der Waals surface area (Å²) in [5.41, 5.74) is 0.449. The van der Waals surface area contributed by atoms with Gasteiger partial charge >= 0.3 is 5.97 Å². The van der Waals surface area contributed by atoms with Crippen LogP contribution < -0.4 is 9.64 Å². The number of fused-ring (bicyclic) bond motifs is 1. The van der Waals surface area contributed by atoms with Crippen molar-refractivity contribution < 1.29 is 23.5 Å². The first kappa shape index (κ1) is 21.9. The maximum Gasteiger partial charge on any atom is 0.342 e. The van der Waals surface area contributed by atoms with Crippen LogP contribution in [0.15, 0.2) is 55.1 Å². The van der Waals surface area contributed by atoms with Crippen molar-refractivity contribution in [3.05, 3.63) is 66.4 Å². The van der Waals surface area contributed by atoms with Gasteiger partial charge in [0, 0.05) is 31.7 Å². The summed E-state index contributed by atoms with van der Waals surface area (Å²) in [6.07, 6.45) is 6.31. The number of anilines is 2. The number of ether oxygens (including phenoxy) is 2. The zero-order valence-corrected chi connectivity index (χ0v) is 18.0. The summed E-state index contributed by atoms with van der Waals surface area (Å²) >= 11 is 0. The second-order valence-corrected chi connectivity index (χ2v) is 6.85. The van der Waals surface area contributed by atoms with E-state index in [1.54, 1.807) is 67.3 Å².